The largest absolute Gasteiger partial charge is 0.480 e. The Balaban J connectivity index is 3.57. The van der Waals surface area contributed by atoms with Gasteiger partial charge in [-0.15, -0.1) is 0 Å². The van der Waals surface area contributed by atoms with E-state index in [-0.39, 0.29) is 5.91 Å². The van der Waals surface area contributed by atoms with Gasteiger partial charge in [-0.05, 0) is 20.3 Å². The van der Waals surface area contributed by atoms with Gasteiger partial charge in [-0.2, -0.15) is 0 Å². The summed E-state index contributed by atoms with van der Waals surface area (Å²) in [5.41, 5.74) is -1.17. The van der Waals surface area contributed by atoms with Crippen LogP contribution in [-0.2, 0) is 9.59 Å². The zero-order valence-electron chi connectivity index (χ0n) is 11.9. The monoisotopic (exact) mass is 257 g/mol. The molecule has 0 aliphatic carbocycles. The number of nitrogens with one attached hydrogen (secondary N) is 1. The van der Waals surface area contributed by atoms with Crippen LogP contribution in [0.2, 0.25) is 0 Å². The number of carboxylic acids is 1. The van der Waals surface area contributed by atoms with E-state index in [1.807, 2.05) is 0 Å². The van der Waals surface area contributed by atoms with E-state index >= 15 is 0 Å². The van der Waals surface area contributed by atoms with Crippen LogP contribution in [0, 0.1) is 0 Å². The number of aliphatic carboxylic acids is 1. The number of hydrogen-bond donors (Lipinski definition) is 2. The minimum Gasteiger partial charge on any atom is -0.480 e. The van der Waals surface area contributed by atoms with Gasteiger partial charge in [-0.3, -0.25) is 4.79 Å². The van der Waals surface area contributed by atoms with Crippen LogP contribution in [0.1, 0.15) is 72.1 Å². The first kappa shape index (κ1) is 16.9. The minimum atomic E-state index is -1.17. The zero-order chi connectivity index (χ0) is 14.0. The Hall–Kier alpha value is -1.06. The van der Waals surface area contributed by atoms with Gasteiger partial charge < -0.3 is 10.4 Å². The summed E-state index contributed by atoms with van der Waals surface area (Å²) in [7, 11) is 0. The Morgan fingerprint density at radius 2 is 1.50 bits per heavy atom. The van der Waals surface area contributed by atoms with Crippen molar-refractivity contribution in [2.45, 2.75) is 77.7 Å². The molecule has 0 rings (SSSR count). The highest BCUT2D eigenvalue weighted by Gasteiger charge is 2.28. The predicted octanol–water partition coefficient (Wildman–Crippen LogP) is 3.11. The van der Waals surface area contributed by atoms with Gasteiger partial charge in [-0.25, -0.2) is 4.79 Å². The molecule has 0 aromatic rings. The summed E-state index contributed by atoms with van der Waals surface area (Å²) in [6, 6.07) is 0. The highest BCUT2D eigenvalue weighted by molar-refractivity contribution is 5.86. The summed E-state index contributed by atoms with van der Waals surface area (Å²) >= 11 is 0. The molecule has 106 valence electrons. The average molecular weight is 257 g/mol. The first-order valence-electron chi connectivity index (χ1n) is 6.94. The number of carbonyl (C=O) groups excluding carboxylic acids is 1. The fourth-order valence-corrected chi connectivity index (χ4v) is 1.71. The smallest absolute Gasteiger partial charge is 0.328 e. The lowest BCUT2D eigenvalue weighted by Crippen LogP contribution is -2.49. The first-order chi connectivity index (χ1) is 8.40. The van der Waals surface area contributed by atoms with Crippen LogP contribution in [0.3, 0.4) is 0 Å². The van der Waals surface area contributed by atoms with Crippen molar-refractivity contribution >= 4 is 11.9 Å². The third-order valence-corrected chi connectivity index (χ3v) is 2.99. The van der Waals surface area contributed by atoms with E-state index in [0.717, 1.165) is 19.3 Å². The van der Waals surface area contributed by atoms with Crippen molar-refractivity contribution in [3.8, 4) is 0 Å². The maximum atomic E-state index is 11.5. The molecule has 0 aromatic heterocycles. The second-order valence-electron chi connectivity index (χ2n) is 5.35. The van der Waals surface area contributed by atoms with Crippen molar-refractivity contribution in [1.82, 2.24) is 5.32 Å². The number of carbonyl (C=O) groups is 2. The predicted molar refractivity (Wildman–Crippen MR) is 72.5 cm³/mol. The number of rotatable bonds is 10. The van der Waals surface area contributed by atoms with Crippen LogP contribution in [0.25, 0.3) is 0 Å². The Morgan fingerprint density at radius 3 is 2.00 bits per heavy atom. The molecule has 0 radical (unpaired) electrons. The Labute approximate surface area is 110 Å². The molecular weight excluding hydrogens is 230 g/mol. The molecule has 0 unspecified atom stereocenters. The molecule has 0 saturated heterocycles. The standard InChI is InChI=1S/C14H27NO3/c1-4-5-6-7-8-9-10-11-12(16)15-14(2,3)13(17)18/h4-11H2,1-3H3,(H,15,16)(H,17,18). The Morgan fingerprint density at radius 1 is 1.00 bits per heavy atom. The third-order valence-electron chi connectivity index (χ3n) is 2.99. The number of amides is 1. The van der Waals surface area contributed by atoms with Gasteiger partial charge >= 0.3 is 5.97 Å². The summed E-state index contributed by atoms with van der Waals surface area (Å²) in [4.78, 5) is 22.3. The van der Waals surface area contributed by atoms with E-state index in [9.17, 15) is 9.59 Å². The van der Waals surface area contributed by atoms with E-state index in [4.69, 9.17) is 5.11 Å². The maximum absolute atomic E-state index is 11.5. The molecule has 0 fully saturated rings. The van der Waals surface area contributed by atoms with Gasteiger partial charge in [0.1, 0.15) is 5.54 Å². The van der Waals surface area contributed by atoms with E-state index in [0.29, 0.717) is 6.42 Å². The van der Waals surface area contributed by atoms with E-state index in [1.165, 1.54) is 39.5 Å². The Kier molecular flexibility index (Phi) is 8.42. The van der Waals surface area contributed by atoms with Crippen LogP contribution in [0.5, 0.6) is 0 Å². The average Bonchev–Trinajstić information content (AvgIpc) is 2.27. The lowest BCUT2D eigenvalue weighted by atomic mass is 10.0. The van der Waals surface area contributed by atoms with E-state index in [2.05, 4.69) is 12.2 Å². The van der Waals surface area contributed by atoms with Gasteiger partial charge in [0.05, 0.1) is 0 Å². The molecule has 0 atom stereocenters. The molecule has 4 heteroatoms. The van der Waals surface area contributed by atoms with Crippen LogP contribution >= 0.6 is 0 Å². The lowest BCUT2D eigenvalue weighted by molar-refractivity contribution is -0.146. The minimum absolute atomic E-state index is 0.170. The molecular formula is C14H27NO3. The fourth-order valence-electron chi connectivity index (χ4n) is 1.71. The van der Waals surface area contributed by atoms with Gasteiger partial charge in [0.2, 0.25) is 5.91 Å². The summed E-state index contributed by atoms with van der Waals surface area (Å²) in [6.07, 6.45) is 8.50. The number of hydrogen-bond acceptors (Lipinski definition) is 2. The molecule has 0 heterocycles. The molecule has 0 saturated carbocycles. The molecule has 2 N–H and O–H groups in total. The van der Waals surface area contributed by atoms with Crippen molar-refractivity contribution in [2.75, 3.05) is 0 Å². The normalized spacial score (nSPS) is 11.3. The van der Waals surface area contributed by atoms with Crippen molar-refractivity contribution in [3.63, 3.8) is 0 Å². The maximum Gasteiger partial charge on any atom is 0.328 e. The fraction of sp³-hybridized carbons (Fsp3) is 0.857. The lowest BCUT2D eigenvalue weighted by Gasteiger charge is -2.20. The summed E-state index contributed by atoms with van der Waals surface area (Å²) in [5, 5.41) is 11.4. The molecule has 18 heavy (non-hydrogen) atoms. The van der Waals surface area contributed by atoms with Crippen LogP contribution in [0.15, 0.2) is 0 Å². The highest BCUT2D eigenvalue weighted by atomic mass is 16.4. The van der Waals surface area contributed by atoms with Crippen LogP contribution < -0.4 is 5.32 Å². The third kappa shape index (κ3) is 8.09. The van der Waals surface area contributed by atoms with Crippen molar-refractivity contribution in [2.24, 2.45) is 0 Å². The SMILES string of the molecule is CCCCCCCCCC(=O)NC(C)(C)C(=O)O. The molecule has 4 nitrogen and oxygen atoms in total. The summed E-state index contributed by atoms with van der Waals surface area (Å²) in [5.74, 6) is -1.17. The molecule has 0 aliphatic rings. The summed E-state index contributed by atoms with van der Waals surface area (Å²) in [6.45, 7) is 5.19. The van der Waals surface area contributed by atoms with Gasteiger partial charge in [-0.1, -0.05) is 45.4 Å². The molecule has 0 spiro atoms. The van der Waals surface area contributed by atoms with Gasteiger partial charge in [0.15, 0.2) is 0 Å². The van der Waals surface area contributed by atoms with E-state index < -0.39 is 11.5 Å². The topological polar surface area (TPSA) is 66.4 Å². The molecule has 1 amide bonds. The highest BCUT2D eigenvalue weighted by Crippen LogP contribution is 2.09. The van der Waals surface area contributed by atoms with Crippen LogP contribution in [0.4, 0.5) is 0 Å². The van der Waals surface area contributed by atoms with Crippen molar-refractivity contribution < 1.29 is 14.7 Å². The zero-order valence-corrected chi connectivity index (χ0v) is 11.9. The molecule has 0 aromatic carbocycles. The van der Waals surface area contributed by atoms with Crippen molar-refractivity contribution in [1.29, 1.82) is 0 Å². The number of unbranched alkanes of at least 4 members (excludes halogenated alkanes) is 6. The second-order valence-corrected chi connectivity index (χ2v) is 5.35. The van der Waals surface area contributed by atoms with Gasteiger partial charge in [0, 0.05) is 6.42 Å². The van der Waals surface area contributed by atoms with Crippen molar-refractivity contribution in [3.05, 3.63) is 0 Å². The Bertz CT molecular complexity index is 262. The summed E-state index contributed by atoms with van der Waals surface area (Å²) < 4.78 is 0. The van der Waals surface area contributed by atoms with Crippen LogP contribution in [-0.4, -0.2) is 22.5 Å². The quantitative estimate of drug-likeness (QED) is 0.591. The first-order valence-corrected chi connectivity index (χ1v) is 6.94. The van der Waals surface area contributed by atoms with Gasteiger partial charge in [0.25, 0.3) is 0 Å². The van der Waals surface area contributed by atoms with E-state index in [1.54, 1.807) is 0 Å². The number of carboxylic acid groups (broad SMARTS) is 1. The molecule has 0 bridgehead atoms. The molecule has 0 aliphatic heterocycles. The second kappa shape index (κ2) is 8.95.